The van der Waals surface area contributed by atoms with E-state index < -0.39 is 5.97 Å². The number of carboxylic acid groups (broad SMARTS) is 1. The molecule has 2 aromatic heterocycles. The van der Waals surface area contributed by atoms with Crippen LogP contribution >= 0.6 is 11.3 Å². The van der Waals surface area contributed by atoms with E-state index in [1.807, 2.05) is 58.5 Å². The summed E-state index contributed by atoms with van der Waals surface area (Å²) in [5.41, 5.74) is 3.65. The molecule has 28 heavy (non-hydrogen) atoms. The maximum absolute atomic E-state index is 13.4. The standard InChI is InChI=1S/C22H20N2O3S/c25-21(26)10-12-23-18-8-4-5-9-19(18)24(22(23)27)20(17-11-13-28-15-17)14-16-6-2-1-3-7-16/h1-9,11,13,15,20H,10,12,14H2,(H,25,26). The number of aromatic nitrogens is 2. The molecule has 0 spiro atoms. The lowest BCUT2D eigenvalue weighted by atomic mass is 10.0. The van der Waals surface area contributed by atoms with Gasteiger partial charge in [-0.05, 0) is 46.5 Å². The third kappa shape index (κ3) is 3.51. The van der Waals surface area contributed by atoms with Crippen molar-refractivity contribution in [2.24, 2.45) is 0 Å². The minimum atomic E-state index is -0.914. The van der Waals surface area contributed by atoms with E-state index in [9.17, 15) is 9.59 Å². The summed E-state index contributed by atoms with van der Waals surface area (Å²) in [6.45, 7) is 0.156. The van der Waals surface area contributed by atoms with Crippen molar-refractivity contribution in [2.75, 3.05) is 0 Å². The average molecular weight is 392 g/mol. The monoisotopic (exact) mass is 392 g/mol. The van der Waals surface area contributed by atoms with Crippen LogP contribution in [0.5, 0.6) is 0 Å². The fraction of sp³-hybridized carbons (Fsp3) is 0.182. The molecule has 6 heteroatoms. The summed E-state index contributed by atoms with van der Waals surface area (Å²) in [4.78, 5) is 24.4. The number of imidazole rings is 1. The fourth-order valence-electron chi connectivity index (χ4n) is 3.62. The molecule has 5 nitrogen and oxygen atoms in total. The molecule has 142 valence electrons. The molecule has 0 fully saturated rings. The van der Waals surface area contributed by atoms with E-state index in [1.165, 1.54) is 0 Å². The Labute approximate surface area is 166 Å². The van der Waals surface area contributed by atoms with Gasteiger partial charge in [0.2, 0.25) is 0 Å². The number of benzene rings is 2. The van der Waals surface area contributed by atoms with Crippen LogP contribution in [0, 0.1) is 0 Å². The number of fused-ring (bicyclic) bond motifs is 1. The van der Waals surface area contributed by atoms with Crippen LogP contribution in [0.2, 0.25) is 0 Å². The van der Waals surface area contributed by atoms with Gasteiger partial charge in [0.25, 0.3) is 0 Å². The number of aliphatic carboxylic acids is 1. The van der Waals surface area contributed by atoms with Gasteiger partial charge in [-0.25, -0.2) is 4.79 Å². The first-order valence-corrected chi connectivity index (χ1v) is 10.1. The van der Waals surface area contributed by atoms with Crippen molar-refractivity contribution in [3.63, 3.8) is 0 Å². The van der Waals surface area contributed by atoms with Gasteiger partial charge < -0.3 is 5.11 Å². The number of hydrogen-bond donors (Lipinski definition) is 1. The maximum Gasteiger partial charge on any atom is 0.329 e. The van der Waals surface area contributed by atoms with E-state index in [0.717, 1.165) is 22.2 Å². The zero-order valence-electron chi connectivity index (χ0n) is 15.2. The van der Waals surface area contributed by atoms with Gasteiger partial charge in [0, 0.05) is 6.54 Å². The normalized spacial score (nSPS) is 12.3. The molecule has 0 saturated carbocycles. The number of para-hydroxylation sites is 2. The number of aryl methyl sites for hydroxylation is 1. The molecule has 1 unspecified atom stereocenters. The molecule has 0 saturated heterocycles. The number of thiophene rings is 1. The van der Waals surface area contributed by atoms with E-state index >= 15 is 0 Å². The summed E-state index contributed by atoms with van der Waals surface area (Å²) in [6.07, 6.45) is 0.597. The summed E-state index contributed by atoms with van der Waals surface area (Å²) in [5.74, 6) is -0.914. The predicted octanol–water partition coefficient (Wildman–Crippen LogP) is 4.17. The Bertz CT molecular complexity index is 1140. The number of hydrogen-bond acceptors (Lipinski definition) is 3. The highest BCUT2D eigenvalue weighted by atomic mass is 32.1. The van der Waals surface area contributed by atoms with Gasteiger partial charge in [-0.3, -0.25) is 13.9 Å². The van der Waals surface area contributed by atoms with Gasteiger partial charge in [-0.1, -0.05) is 42.5 Å². The Kier molecular flexibility index (Phi) is 5.12. The van der Waals surface area contributed by atoms with Crippen molar-refractivity contribution in [3.05, 3.63) is 93.0 Å². The van der Waals surface area contributed by atoms with Crippen LogP contribution in [0.25, 0.3) is 11.0 Å². The lowest BCUT2D eigenvalue weighted by molar-refractivity contribution is -0.137. The van der Waals surface area contributed by atoms with Gasteiger partial charge >= 0.3 is 11.7 Å². The molecule has 0 aliphatic heterocycles. The lowest BCUT2D eigenvalue weighted by Crippen LogP contribution is -2.29. The fourth-order valence-corrected chi connectivity index (χ4v) is 4.32. The van der Waals surface area contributed by atoms with Crippen molar-refractivity contribution in [1.82, 2.24) is 9.13 Å². The van der Waals surface area contributed by atoms with Crippen molar-refractivity contribution in [2.45, 2.75) is 25.4 Å². The van der Waals surface area contributed by atoms with Crippen LogP contribution in [0.15, 0.2) is 76.2 Å². The summed E-state index contributed by atoms with van der Waals surface area (Å²) < 4.78 is 3.39. The molecule has 0 bridgehead atoms. The van der Waals surface area contributed by atoms with Crippen LogP contribution in [0.4, 0.5) is 0 Å². The minimum Gasteiger partial charge on any atom is -0.481 e. The summed E-state index contributed by atoms with van der Waals surface area (Å²) in [6, 6.07) is 19.6. The first-order chi connectivity index (χ1) is 13.6. The van der Waals surface area contributed by atoms with E-state index in [1.54, 1.807) is 15.9 Å². The topological polar surface area (TPSA) is 64.2 Å². The quantitative estimate of drug-likeness (QED) is 0.513. The molecule has 0 amide bonds. The van der Waals surface area contributed by atoms with Crippen molar-refractivity contribution < 1.29 is 9.90 Å². The van der Waals surface area contributed by atoms with Crippen LogP contribution in [-0.4, -0.2) is 20.2 Å². The molecule has 2 heterocycles. The third-order valence-corrected chi connectivity index (χ3v) is 5.63. The Morgan fingerprint density at radius 1 is 1.00 bits per heavy atom. The van der Waals surface area contributed by atoms with E-state index in [4.69, 9.17) is 5.11 Å². The molecule has 0 radical (unpaired) electrons. The number of carboxylic acids is 1. The summed E-state index contributed by atoms with van der Waals surface area (Å²) in [7, 11) is 0. The molecule has 4 aromatic rings. The van der Waals surface area contributed by atoms with Crippen LogP contribution in [0.3, 0.4) is 0 Å². The molecule has 1 N–H and O–H groups in total. The summed E-state index contributed by atoms with van der Waals surface area (Å²) in [5, 5.41) is 13.2. The Balaban J connectivity index is 1.87. The van der Waals surface area contributed by atoms with Gasteiger partial charge in [0.05, 0.1) is 23.5 Å². The largest absolute Gasteiger partial charge is 0.481 e. The SMILES string of the molecule is O=C(O)CCn1c(=O)n(C(Cc2ccccc2)c2ccsc2)c2ccccc21. The summed E-state index contributed by atoms with van der Waals surface area (Å²) >= 11 is 1.61. The second kappa shape index (κ2) is 7.86. The predicted molar refractivity (Wildman–Crippen MR) is 111 cm³/mol. The lowest BCUT2D eigenvalue weighted by Gasteiger charge is -2.18. The molecule has 2 aromatic carbocycles. The first kappa shape index (κ1) is 18.3. The first-order valence-electron chi connectivity index (χ1n) is 9.12. The molecular weight excluding hydrogens is 372 g/mol. The van der Waals surface area contributed by atoms with E-state index in [0.29, 0.717) is 6.42 Å². The Hall–Kier alpha value is -3.12. The number of rotatable bonds is 7. The zero-order chi connectivity index (χ0) is 19.5. The Morgan fingerprint density at radius 3 is 2.39 bits per heavy atom. The van der Waals surface area contributed by atoms with Gasteiger partial charge in [0.15, 0.2) is 0 Å². The van der Waals surface area contributed by atoms with Crippen LogP contribution in [0.1, 0.15) is 23.6 Å². The highest BCUT2D eigenvalue weighted by Crippen LogP contribution is 2.28. The second-order valence-electron chi connectivity index (χ2n) is 6.70. The Morgan fingerprint density at radius 2 is 1.71 bits per heavy atom. The molecule has 0 aliphatic rings. The number of nitrogens with zero attached hydrogens (tertiary/aromatic N) is 2. The maximum atomic E-state index is 13.4. The van der Waals surface area contributed by atoms with Crippen molar-refractivity contribution in [3.8, 4) is 0 Å². The van der Waals surface area contributed by atoms with Crippen LogP contribution < -0.4 is 5.69 Å². The second-order valence-corrected chi connectivity index (χ2v) is 7.48. The van der Waals surface area contributed by atoms with Gasteiger partial charge in [-0.2, -0.15) is 11.3 Å². The van der Waals surface area contributed by atoms with Gasteiger partial charge in [-0.15, -0.1) is 0 Å². The highest BCUT2D eigenvalue weighted by molar-refractivity contribution is 7.08. The van der Waals surface area contributed by atoms with Crippen molar-refractivity contribution >= 4 is 28.3 Å². The smallest absolute Gasteiger partial charge is 0.329 e. The average Bonchev–Trinajstić information content (AvgIpc) is 3.32. The number of carbonyl (C=O) groups is 1. The molecule has 1 atom stereocenters. The highest BCUT2D eigenvalue weighted by Gasteiger charge is 2.23. The van der Waals surface area contributed by atoms with Gasteiger partial charge in [0.1, 0.15) is 0 Å². The molecule has 4 rings (SSSR count). The van der Waals surface area contributed by atoms with E-state index in [2.05, 4.69) is 17.5 Å². The minimum absolute atomic E-state index is 0.0876. The van der Waals surface area contributed by atoms with E-state index in [-0.39, 0.29) is 24.7 Å². The molecular formula is C22H20N2O3S. The zero-order valence-corrected chi connectivity index (χ0v) is 16.0. The molecule has 0 aliphatic carbocycles. The third-order valence-electron chi connectivity index (χ3n) is 4.93. The van der Waals surface area contributed by atoms with Crippen LogP contribution in [-0.2, 0) is 17.8 Å². The van der Waals surface area contributed by atoms with Crippen molar-refractivity contribution in [1.29, 1.82) is 0 Å².